The van der Waals surface area contributed by atoms with Crippen molar-refractivity contribution in [3.05, 3.63) is 63.5 Å². The molecule has 3 N–H and O–H groups in total. The van der Waals surface area contributed by atoms with E-state index in [-0.39, 0.29) is 22.5 Å². The standard InChI is InChI=1S/C26H28N2O6S/c1-16-20-13-17-9-12-26(10-3-2-4-11-26)34-22(17)15-23(20)33-25(30)21(16)14-24(29)28-18-5-7-19(8-6-18)35(27,31)32/h5-8,13,15H,2-4,9-12,14H2,1H3,(H,28,29)(H2,27,31,32). The van der Waals surface area contributed by atoms with Gasteiger partial charge in [-0.1, -0.05) is 6.42 Å². The molecular weight excluding hydrogens is 468 g/mol. The highest BCUT2D eigenvalue weighted by Crippen LogP contribution is 2.43. The van der Waals surface area contributed by atoms with Crippen LogP contribution in [0.5, 0.6) is 5.75 Å². The minimum absolute atomic E-state index is 0.0526. The highest BCUT2D eigenvalue weighted by molar-refractivity contribution is 7.89. The molecule has 1 amide bonds. The van der Waals surface area contributed by atoms with Crippen LogP contribution in [0.15, 0.2) is 50.5 Å². The maximum Gasteiger partial charge on any atom is 0.340 e. The summed E-state index contributed by atoms with van der Waals surface area (Å²) < 4.78 is 34.9. The zero-order valence-corrected chi connectivity index (χ0v) is 20.4. The smallest absolute Gasteiger partial charge is 0.340 e. The third-order valence-electron chi connectivity index (χ3n) is 7.21. The summed E-state index contributed by atoms with van der Waals surface area (Å²) in [6, 6.07) is 9.35. The molecule has 9 heteroatoms. The Hall–Kier alpha value is -3.17. The van der Waals surface area contributed by atoms with E-state index >= 15 is 0 Å². The first kappa shape index (κ1) is 23.6. The molecule has 0 radical (unpaired) electrons. The Morgan fingerprint density at radius 2 is 1.80 bits per heavy atom. The number of amides is 1. The number of nitrogens with two attached hydrogens (primary N) is 1. The molecule has 0 bridgehead atoms. The van der Waals surface area contributed by atoms with Gasteiger partial charge >= 0.3 is 5.63 Å². The van der Waals surface area contributed by atoms with Gasteiger partial charge in [-0.25, -0.2) is 18.4 Å². The maximum absolute atomic E-state index is 12.8. The molecule has 2 aromatic carbocycles. The molecule has 0 atom stereocenters. The summed E-state index contributed by atoms with van der Waals surface area (Å²) in [7, 11) is -3.82. The van der Waals surface area contributed by atoms with E-state index in [0.717, 1.165) is 42.4 Å². The molecule has 184 valence electrons. The number of aryl methyl sites for hydroxylation is 2. The van der Waals surface area contributed by atoms with Gasteiger partial charge in [0.15, 0.2) is 0 Å². The van der Waals surface area contributed by atoms with Crippen molar-refractivity contribution in [2.45, 2.75) is 68.8 Å². The second kappa shape index (κ2) is 8.80. The van der Waals surface area contributed by atoms with E-state index in [2.05, 4.69) is 5.32 Å². The monoisotopic (exact) mass is 496 g/mol. The number of fused-ring (bicyclic) bond motifs is 2. The Balaban J connectivity index is 1.39. The van der Waals surface area contributed by atoms with Crippen molar-refractivity contribution in [3.63, 3.8) is 0 Å². The van der Waals surface area contributed by atoms with Crippen LogP contribution >= 0.6 is 0 Å². The molecule has 0 unspecified atom stereocenters. The van der Waals surface area contributed by atoms with E-state index in [1.165, 1.54) is 43.5 Å². The highest BCUT2D eigenvalue weighted by atomic mass is 32.2. The number of nitrogens with one attached hydrogen (secondary N) is 1. The van der Waals surface area contributed by atoms with Crippen molar-refractivity contribution in [1.29, 1.82) is 0 Å². The molecule has 35 heavy (non-hydrogen) atoms. The van der Waals surface area contributed by atoms with Crippen molar-refractivity contribution >= 4 is 32.6 Å². The van der Waals surface area contributed by atoms with Crippen molar-refractivity contribution in [2.24, 2.45) is 5.14 Å². The first-order chi connectivity index (χ1) is 16.6. The fourth-order valence-electron chi connectivity index (χ4n) is 5.24. The second-order valence-corrected chi connectivity index (χ2v) is 11.2. The van der Waals surface area contributed by atoms with Gasteiger partial charge < -0.3 is 14.5 Å². The Bertz CT molecular complexity index is 1470. The second-order valence-electron chi connectivity index (χ2n) is 9.59. The quantitative estimate of drug-likeness (QED) is 0.526. The zero-order valence-electron chi connectivity index (χ0n) is 19.6. The van der Waals surface area contributed by atoms with E-state index in [1.54, 1.807) is 0 Å². The predicted octanol–water partition coefficient (Wildman–Crippen LogP) is 3.96. The van der Waals surface area contributed by atoms with Crippen molar-refractivity contribution in [1.82, 2.24) is 0 Å². The number of hydrogen-bond donors (Lipinski definition) is 2. The number of hydrogen-bond acceptors (Lipinski definition) is 6. The van der Waals surface area contributed by atoms with Gasteiger partial charge in [-0.15, -0.1) is 0 Å². The average molecular weight is 497 g/mol. The molecule has 2 aliphatic rings. The summed E-state index contributed by atoms with van der Waals surface area (Å²) in [6.07, 6.45) is 7.46. The van der Waals surface area contributed by atoms with Crippen LogP contribution in [-0.4, -0.2) is 19.9 Å². The lowest BCUT2D eigenvalue weighted by Crippen LogP contribution is -2.41. The number of benzene rings is 2. The van der Waals surface area contributed by atoms with Crippen LogP contribution in [0.3, 0.4) is 0 Å². The number of carbonyl (C=O) groups excluding carboxylic acids is 1. The van der Waals surface area contributed by atoms with Crippen LogP contribution in [0, 0.1) is 6.92 Å². The van der Waals surface area contributed by atoms with E-state index in [1.807, 2.05) is 19.1 Å². The number of ether oxygens (including phenoxy) is 1. The fourth-order valence-corrected chi connectivity index (χ4v) is 5.76. The molecule has 1 aliphatic carbocycles. The fraction of sp³-hybridized carbons (Fsp3) is 0.385. The summed E-state index contributed by atoms with van der Waals surface area (Å²) in [5.74, 6) is 0.380. The van der Waals surface area contributed by atoms with Gasteiger partial charge in [0.05, 0.1) is 16.9 Å². The Kier molecular flexibility index (Phi) is 5.93. The topological polar surface area (TPSA) is 129 Å². The lowest BCUT2D eigenvalue weighted by atomic mass is 9.79. The Morgan fingerprint density at radius 3 is 2.49 bits per heavy atom. The van der Waals surface area contributed by atoms with Crippen LogP contribution in [0.25, 0.3) is 11.0 Å². The molecule has 1 fully saturated rings. The first-order valence-corrected chi connectivity index (χ1v) is 13.4. The first-order valence-electron chi connectivity index (χ1n) is 11.8. The molecule has 3 aromatic rings. The zero-order chi connectivity index (χ0) is 24.8. The van der Waals surface area contributed by atoms with E-state index in [0.29, 0.717) is 16.8 Å². The molecule has 1 spiro atoms. The van der Waals surface area contributed by atoms with Crippen molar-refractivity contribution < 1.29 is 22.4 Å². The normalized spacial score (nSPS) is 17.1. The van der Waals surface area contributed by atoms with Crippen molar-refractivity contribution in [3.8, 4) is 5.75 Å². The van der Waals surface area contributed by atoms with E-state index in [9.17, 15) is 18.0 Å². The number of primary sulfonamides is 1. The van der Waals surface area contributed by atoms with Crippen molar-refractivity contribution in [2.75, 3.05) is 5.32 Å². The van der Waals surface area contributed by atoms with Gasteiger partial charge in [-0.2, -0.15) is 0 Å². The third kappa shape index (κ3) is 4.70. The molecule has 1 aliphatic heterocycles. The number of rotatable bonds is 4. The maximum atomic E-state index is 12.8. The molecule has 1 aromatic heterocycles. The SMILES string of the molecule is Cc1c(CC(=O)Nc2ccc(S(N)(=O)=O)cc2)c(=O)oc2cc3c(cc12)CCC1(CCCCC1)O3. The van der Waals surface area contributed by atoms with E-state index < -0.39 is 21.6 Å². The summed E-state index contributed by atoms with van der Waals surface area (Å²) in [4.78, 5) is 25.4. The van der Waals surface area contributed by atoms with Gasteiger partial charge in [0.2, 0.25) is 15.9 Å². The summed E-state index contributed by atoms with van der Waals surface area (Å²) in [5.41, 5.74) is 2.29. The predicted molar refractivity (Wildman–Crippen MR) is 132 cm³/mol. The minimum Gasteiger partial charge on any atom is -0.487 e. The van der Waals surface area contributed by atoms with Gasteiger partial charge in [-0.05, 0) is 86.9 Å². The number of sulfonamides is 1. The third-order valence-corrected chi connectivity index (χ3v) is 8.14. The van der Waals surface area contributed by atoms with Crippen LogP contribution in [-0.2, 0) is 27.7 Å². The van der Waals surface area contributed by atoms with Gasteiger partial charge in [0, 0.05) is 17.1 Å². The molecule has 8 nitrogen and oxygen atoms in total. The Labute approximate surface area is 203 Å². The molecule has 0 saturated heterocycles. The lowest BCUT2D eigenvalue weighted by Gasteiger charge is -2.41. The summed E-state index contributed by atoms with van der Waals surface area (Å²) in [5, 5.41) is 8.58. The number of anilines is 1. The summed E-state index contributed by atoms with van der Waals surface area (Å²) >= 11 is 0. The molecular formula is C26H28N2O6S. The molecule has 5 rings (SSSR count). The van der Waals surface area contributed by atoms with Crippen LogP contribution in [0.1, 0.15) is 55.2 Å². The molecule has 2 heterocycles. The van der Waals surface area contributed by atoms with Crippen LogP contribution < -0.4 is 20.8 Å². The van der Waals surface area contributed by atoms with E-state index in [4.69, 9.17) is 14.3 Å². The number of carbonyl (C=O) groups is 1. The van der Waals surface area contributed by atoms with Gasteiger partial charge in [-0.3, -0.25) is 4.79 Å². The highest BCUT2D eigenvalue weighted by Gasteiger charge is 2.37. The Morgan fingerprint density at radius 1 is 1.09 bits per heavy atom. The van der Waals surface area contributed by atoms with Crippen LogP contribution in [0.2, 0.25) is 0 Å². The van der Waals surface area contributed by atoms with Gasteiger partial charge in [0.1, 0.15) is 16.9 Å². The summed E-state index contributed by atoms with van der Waals surface area (Å²) in [6.45, 7) is 1.82. The lowest BCUT2D eigenvalue weighted by molar-refractivity contribution is -0.115. The average Bonchev–Trinajstić information content (AvgIpc) is 2.81. The minimum atomic E-state index is -3.82. The molecule has 1 saturated carbocycles. The largest absolute Gasteiger partial charge is 0.487 e. The van der Waals surface area contributed by atoms with Crippen LogP contribution in [0.4, 0.5) is 5.69 Å². The van der Waals surface area contributed by atoms with Gasteiger partial charge in [0.25, 0.3) is 0 Å².